The average molecular weight is 440 g/mol. The molecule has 0 bridgehead atoms. The van der Waals surface area contributed by atoms with Crippen molar-refractivity contribution in [2.75, 3.05) is 31.6 Å². The summed E-state index contributed by atoms with van der Waals surface area (Å²) in [5, 5.41) is 6.93. The number of likely N-dealkylation sites (tertiary alicyclic amines) is 1. The lowest BCUT2D eigenvalue weighted by Gasteiger charge is -2.20. The fraction of sp³-hybridized carbons (Fsp3) is 0.318. The van der Waals surface area contributed by atoms with Crippen LogP contribution in [0.4, 0.5) is 14.9 Å². The fourth-order valence-electron chi connectivity index (χ4n) is 3.65. The summed E-state index contributed by atoms with van der Waals surface area (Å²) in [5.74, 6) is 2.31. The summed E-state index contributed by atoms with van der Waals surface area (Å²) in [6, 6.07) is 10.8. The molecule has 0 saturated carbocycles. The lowest BCUT2D eigenvalue weighted by atomic mass is 10.1. The first-order valence-corrected chi connectivity index (χ1v) is 10.3. The number of anilines is 1. The molecule has 9 nitrogen and oxygen atoms in total. The number of ether oxygens (including phenoxy) is 3. The Hall–Kier alpha value is -3.82. The molecule has 2 aliphatic heterocycles. The molecule has 1 saturated heterocycles. The van der Waals surface area contributed by atoms with Crippen molar-refractivity contribution < 1.29 is 27.9 Å². The molecule has 10 heteroatoms. The van der Waals surface area contributed by atoms with Crippen LogP contribution in [0.5, 0.6) is 17.2 Å². The molecule has 2 aromatic carbocycles. The number of rotatable bonds is 5. The van der Waals surface area contributed by atoms with Crippen LogP contribution in [-0.2, 0) is 6.61 Å². The lowest BCUT2D eigenvalue weighted by molar-refractivity contribution is 0.171. The van der Waals surface area contributed by atoms with Crippen LogP contribution in [0, 0.1) is 5.82 Å². The Labute approximate surface area is 183 Å². The Kier molecular flexibility index (Phi) is 5.49. The number of halogens is 1. The highest BCUT2D eigenvalue weighted by molar-refractivity contribution is 5.90. The van der Waals surface area contributed by atoms with E-state index in [9.17, 15) is 9.18 Å². The molecule has 2 amide bonds. The van der Waals surface area contributed by atoms with E-state index in [-0.39, 0.29) is 24.4 Å². The summed E-state index contributed by atoms with van der Waals surface area (Å²) < 4.78 is 34.8. The number of carbonyl (C=O) groups is 1. The van der Waals surface area contributed by atoms with Crippen LogP contribution in [-0.4, -0.2) is 47.4 Å². The summed E-state index contributed by atoms with van der Waals surface area (Å²) in [5.41, 5.74) is 0.641. The second-order valence-electron chi connectivity index (χ2n) is 7.51. The maximum atomic E-state index is 13.0. The standard InChI is InChI=1S/C22H21FN4O5/c23-15-1-4-17(5-2-15)31-13-20-25-21(26-32-20)14-7-8-27(12-14)22(28)24-16-3-6-18-19(11-16)30-10-9-29-18/h1-6,11,14H,7-10,12-13H2,(H,24,28). The average Bonchev–Trinajstić information content (AvgIpc) is 3.48. The molecule has 0 spiro atoms. The van der Waals surface area contributed by atoms with Gasteiger partial charge in [-0.1, -0.05) is 5.16 Å². The van der Waals surface area contributed by atoms with Gasteiger partial charge in [0.05, 0.1) is 0 Å². The van der Waals surface area contributed by atoms with Crippen molar-refractivity contribution >= 4 is 11.7 Å². The molecule has 1 unspecified atom stereocenters. The van der Waals surface area contributed by atoms with Crippen LogP contribution in [0.3, 0.4) is 0 Å². The molecule has 0 aliphatic carbocycles. The third-order valence-electron chi connectivity index (χ3n) is 5.29. The van der Waals surface area contributed by atoms with Gasteiger partial charge < -0.3 is 29.0 Å². The van der Waals surface area contributed by atoms with Gasteiger partial charge in [0.15, 0.2) is 23.9 Å². The quantitative estimate of drug-likeness (QED) is 0.647. The fourth-order valence-corrected chi connectivity index (χ4v) is 3.65. The minimum absolute atomic E-state index is 0.0238. The third kappa shape index (κ3) is 4.43. The molecule has 1 fully saturated rings. The van der Waals surface area contributed by atoms with Crippen molar-refractivity contribution in [2.45, 2.75) is 18.9 Å². The van der Waals surface area contributed by atoms with E-state index in [2.05, 4.69) is 15.5 Å². The van der Waals surface area contributed by atoms with E-state index in [1.807, 2.05) is 0 Å². The Balaban J connectivity index is 1.15. The van der Waals surface area contributed by atoms with E-state index in [1.165, 1.54) is 24.3 Å². The zero-order valence-electron chi connectivity index (χ0n) is 17.1. The van der Waals surface area contributed by atoms with Gasteiger partial charge in [0, 0.05) is 30.8 Å². The van der Waals surface area contributed by atoms with Gasteiger partial charge in [0.25, 0.3) is 5.89 Å². The van der Waals surface area contributed by atoms with E-state index in [1.54, 1.807) is 23.1 Å². The Morgan fingerprint density at radius 2 is 1.97 bits per heavy atom. The van der Waals surface area contributed by atoms with Crippen LogP contribution in [0.1, 0.15) is 24.1 Å². The van der Waals surface area contributed by atoms with E-state index >= 15 is 0 Å². The second kappa shape index (κ2) is 8.74. The minimum Gasteiger partial charge on any atom is -0.486 e. The summed E-state index contributed by atoms with van der Waals surface area (Å²) in [4.78, 5) is 18.8. The highest BCUT2D eigenvalue weighted by atomic mass is 19.1. The van der Waals surface area contributed by atoms with E-state index in [4.69, 9.17) is 18.7 Å². The van der Waals surface area contributed by atoms with Crippen LogP contribution in [0.15, 0.2) is 47.0 Å². The monoisotopic (exact) mass is 440 g/mol. The van der Waals surface area contributed by atoms with E-state index in [0.717, 1.165) is 6.42 Å². The molecule has 1 N–H and O–H groups in total. The maximum Gasteiger partial charge on any atom is 0.321 e. The molecular formula is C22H21FN4O5. The number of aromatic nitrogens is 2. The predicted molar refractivity (Wildman–Crippen MR) is 110 cm³/mol. The lowest BCUT2D eigenvalue weighted by Crippen LogP contribution is -2.32. The molecular weight excluding hydrogens is 419 g/mol. The Morgan fingerprint density at radius 3 is 2.81 bits per heavy atom. The van der Waals surface area contributed by atoms with Crippen molar-refractivity contribution in [1.29, 1.82) is 0 Å². The van der Waals surface area contributed by atoms with Crippen LogP contribution in [0.25, 0.3) is 0 Å². The number of urea groups is 1. The van der Waals surface area contributed by atoms with Crippen molar-refractivity contribution in [3.8, 4) is 17.2 Å². The van der Waals surface area contributed by atoms with E-state index < -0.39 is 0 Å². The van der Waals surface area contributed by atoms with Gasteiger partial charge in [-0.15, -0.1) is 0 Å². The number of amides is 2. The molecule has 1 aromatic heterocycles. The first kappa shape index (κ1) is 20.1. The molecule has 32 heavy (non-hydrogen) atoms. The molecule has 0 radical (unpaired) electrons. The number of nitrogens with zero attached hydrogens (tertiary/aromatic N) is 3. The van der Waals surface area contributed by atoms with Crippen LogP contribution >= 0.6 is 0 Å². The zero-order chi connectivity index (χ0) is 21.9. The number of nitrogens with one attached hydrogen (secondary N) is 1. The van der Waals surface area contributed by atoms with Gasteiger partial charge in [0.1, 0.15) is 24.8 Å². The first-order chi connectivity index (χ1) is 15.6. The summed E-state index contributed by atoms with van der Waals surface area (Å²) in [6.45, 7) is 2.15. The summed E-state index contributed by atoms with van der Waals surface area (Å²) in [7, 11) is 0. The van der Waals surface area contributed by atoms with Crippen molar-refractivity contribution in [3.05, 3.63) is 60.0 Å². The predicted octanol–water partition coefficient (Wildman–Crippen LogP) is 3.58. The molecule has 3 heterocycles. The van der Waals surface area contributed by atoms with Gasteiger partial charge in [-0.05, 0) is 42.8 Å². The highest BCUT2D eigenvalue weighted by Crippen LogP contribution is 2.33. The smallest absolute Gasteiger partial charge is 0.321 e. The highest BCUT2D eigenvalue weighted by Gasteiger charge is 2.31. The van der Waals surface area contributed by atoms with E-state index in [0.29, 0.717) is 61.0 Å². The van der Waals surface area contributed by atoms with Gasteiger partial charge in [-0.3, -0.25) is 0 Å². The van der Waals surface area contributed by atoms with Crippen molar-refractivity contribution in [3.63, 3.8) is 0 Å². The molecule has 2 aliphatic rings. The van der Waals surface area contributed by atoms with Crippen LogP contribution < -0.4 is 19.5 Å². The number of carbonyl (C=O) groups excluding carboxylic acids is 1. The molecule has 1 atom stereocenters. The maximum absolute atomic E-state index is 13.0. The first-order valence-electron chi connectivity index (χ1n) is 10.3. The van der Waals surface area contributed by atoms with Gasteiger partial charge in [-0.2, -0.15) is 4.98 Å². The minimum atomic E-state index is -0.332. The third-order valence-corrected chi connectivity index (χ3v) is 5.29. The van der Waals surface area contributed by atoms with Gasteiger partial charge in [0.2, 0.25) is 0 Å². The second-order valence-corrected chi connectivity index (χ2v) is 7.51. The summed E-state index contributed by atoms with van der Waals surface area (Å²) >= 11 is 0. The van der Waals surface area contributed by atoms with Crippen molar-refractivity contribution in [1.82, 2.24) is 15.0 Å². The number of hydrogen-bond donors (Lipinski definition) is 1. The topological polar surface area (TPSA) is 99.0 Å². The molecule has 3 aromatic rings. The number of hydrogen-bond acceptors (Lipinski definition) is 7. The summed E-state index contributed by atoms with van der Waals surface area (Å²) in [6.07, 6.45) is 0.729. The normalized spacial score (nSPS) is 17.3. The Bertz CT molecular complexity index is 1100. The van der Waals surface area contributed by atoms with Crippen molar-refractivity contribution in [2.24, 2.45) is 0 Å². The SMILES string of the molecule is O=C(Nc1ccc2c(c1)OCCO2)N1CCC(c2noc(COc3ccc(F)cc3)n2)C1. The molecule has 5 rings (SSSR count). The largest absolute Gasteiger partial charge is 0.486 e. The number of fused-ring (bicyclic) bond motifs is 1. The van der Waals surface area contributed by atoms with Crippen LogP contribution in [0.2, 0.25) is 0 Å². The number of benzene rings is 2. The zero-order valence-corrected chi connectivity index (χ0v) is 17.1. The molecule has 166 valence electrons. The Morgan fingerprint density at radius 1 is 1.16 bits per heavy atom. The van der Waals surface area contributed by atoms with Gasteiger partial charge >= 0.3 is 6.03 Å². The van der Waals surface area contributed by atoms with Gasteiger partial charge in [-0.25, -0.2) is 9.18 Å².